The molecule has 0 aromatic carbocycles. The van der Waals surface area contributed by atoms with Crippen LogP contribution in [0.3, 0.4) is 0 Å². The summed E-state index contributed by atoms with van der Waals surface area (Å²) in [6.45, 7) is 5.86. The van der Waals surface area contributed by atoms with Gasteiger partial charge >= 0.3 is 0 Å². The van der Waals surface area contributed by atoms with E-state index in [9.17, 15) is 0 Å². The molecule has 1 nitrogen and oxygen atoms in total. The van der Waals surface area contributed by atoms with Crippen molar-refractivity contribution in [2.75, 3.05) is 20.6 Å². The van der Waals surface area contributed by atoms with Gasteiger partial charge in [0, 0.05) is 0 Å². The van der Waals surface area contributed by atoms with Crippen LogP contribution in [0.2, 0.25) is 0 Å². The van der Waals surface area contributed by atoms with E-state index in [1.165, 1.54) is 32.2 Å². The first kappa shape index (κ1) is 11.0. The van der Waals surface area contributed by atoms with Crippen molar-refractivity contribution in [2.45, 2.75) is 39.5 Å². The van der Waals surface area contributed by atoms with Gasteiger partial charge in [-0.25, -0.2) is 0 Å². The Morgan fingerprint density at radius 1 is 1.18 bits per heavy atom. The second-order valence-corrected chi connectivity index (χ2v) is 3.81. The molecule has 0 aromatic rings. The van der Waals surface area contributed by atoms with Crippen molar-refractivity contribution in [3.8, 4) is 0 Å². The minimum atomic E-state index is 0.928. The fourth-order valence-electron chi connectivity index (χ4n) is 1.12. The van der Waals surface area contributed by atoms with E-state index in [0.29, 0.717) is 0 Å². The third-order valence-corrected chi connectivity index (χ3v) is 2.25. The molecule has 0 spiro atoms. The van der Waals surface area contributed by atoms with E-state index in [1.807, 2.05) is 0 Å². The van der Waals surface area contributed by atoms with Gasteiger partial charge in [-0.15, -0.1) is 0 Å². The quantitative estimate of drug-likeness (QED) is 0.536. The highest BCUT2D eigenvalue weighted by atomic mass is 15.0. The maximum absolute atomic E-state index is 2.34. The van der Waals surface area contributed by atoms with Gasteiger partial charge in [0.05, 0.1) is 0 Å². The maximum atomic E-state index is 2.34. The summed E-state index contributed by atoms with van der Waals surface area (Å²) in [5.41, 5.74) is 0. The number of unbranched alkanes of at least 4 members (excludes halogenated alkanes) is 1. The van der Waals surface area contributed by atoms with Crippen molar-refractivity contribution < 1.29 is 0 Å². The summed E-state index contributed by atoms with van der Waals surface area (Å²) in [6.07, 6.45) is 5.50. The molecule has 68 valence electrons. The van der Waals surface area contributed by atoms with Crippen molar-refractivity contribution in [1.82, 2.24) is 4.90 Å². The van der Waals surface area contributed by atoms with Gasteiger partial charge in [0.1, 0.15) is 0 Å². The Balaban J connectivity index is 3.01. The molecule has 0 N–H and O–H groups in total. The minimum absolute atomic E-state index is 0.928. The molecular formula is C10H23N. The molecule has 1 atom stereocenters. The summed E-state index contributed by atoms with van der Waals surface area (Å²) in [6, 6.07) is 0. The minimum Gasteiger partial charge on any atom is -0.309 e. The van der Waals surface area contributed by atoms with Gasteiger partial charge in [-0.05, 0) is 33.0 Å². The lowest BCUT2D eigenvalue weighted by Crippen LogP contribution is -2.12. The van der Waals surface area contributed by atoms with Crippen LogP contribution in [0.4, 0.5) is 0 Å². The maximum Gasteiger partial charge on any atom is -0.00248 e. The predicted molar refractivity (Wildman–Crippen MR) is 51.9 cm³/mol. The second-order valence-electron chi connectivity index (χ2n) is 3.81. The Morgan fingerprint density at radius 2 is 1.82 bits per heavy atom. The molecule has 0 aliphatic rings. The van der Waals surface area contributed by atoms with Crippen molar-refractivity contribution in [2.24, 2.45) is 5.92 Å². The van der Waals surface area contributed by atoms with E-state index in [2.05, 4.69) is 32.8 Å². The van der Waals surface area contributed by atoms with Crippen LogP contribution < -0.4 is 0 Å². The summed E-state index contributed by atoms with van der Waals surface area (Å²) in [5, 5.41) is 0. The van der Waals surface area contributed by atoms with Crippen molar-refractivity contribution in [1.29, 1.82) is 0 Å². The standard InChI is InChI=1S/C10H23N/c1-5-10(2)8-6-7-9-11(3)4/h10H,5-9H2,1-4H3. The molecule has 11 heavy (non-hydrogen) atoms. The van der Waals surface area contributed by atoms with Gasteiger partial charge < -0.3 is 4.90 Å². The van der Waals surface area contributed by atoms with Crippen LogP contribution in [-0.4, -0.2) is 25.5 Å². The van der Waals surface area contributed by atoms with E-state index in [1.54, 1.807) is 0 Å². The fraction of sp³-hybridized carbons (Fsp3) is 1.00. The normalized spacial score (nSPS) is 13.9. The lowest BCUT2D eigenvalue weighted by atomic mass is 10.0. The summed E-state index contributed by atoms with van der Waals surface area (Å²) in [4.78, 5) is 2.26. The molecule has 1 unspecified atom stereocenters. The molecule has 0 saturated carbocycles. The first-order chi connectivity index (χ1) is 5.16. The molecule has 0 aliphatic carbocycles. The first-order valence-corrected chi connectivity index (χ1v) is 4.81. The molecule has 0 heterocycles. The van der Waals surface area contributed by atoms with Gasteiger partial charge in [-0.2, -0.15) is 0 Å². The van der Waals surface area contributed by atoms with Crippen molar-refractivity contribution in [3.63, 3.8) is 0 Å². The molecule has 0 radical (unpaired) electrons. The van der Waals surface area contributed by atoms with E-state index >= 15 is 0 Å². The zero-order valence-electron chi connectivity index (χ0n) is 8.56. The van der Waals surface area contributed by atoms with Gasteiger partial charge in [0.2, 0.25) is 0 Å². The third-order valence-electron chi connectivity index (χ3n) is 2.25. The highest BCUT2D eigenvalue weighted by molar-refractivity contribution is 4.52. The molecular weight excluding hydrogens is 134 g/mol. The summed E-state index contributed by atoms with van der Waals surface area (Å²) in [7, 11) is 4.28. The molecule has 0 aliphatic heterocycles. The van der Waals surface area contributed by atoms with Crippen molar-refractivity contribution >= 4 is 0 Å². The largest absolute Gasteiger partial charge is 0.309 e. The van der Waals surface area contributed by atoms with Crippen LogP contribution >= 0.6 is 0 Å². The van der Waals surface area contributed by atoms with Crippen LogP contribution in [0.1, 0.15) is 39.5 Å². The molecule has 0 bridgehead atoms. The van der Waals surface area contributed by atoms with E-state index in [4.69, 9.17) is 0 Å². The van der Waals surface area contributed by atoms with Crippen LogP contribution in [0.15, 0.2) is 0 Å². The average Bonchev–Trinajstić information content (AvgIpc) is 1.97. The summed E-state index contributed by atoms with van der Waals surface area (Å²) in [5.74, 6) is 0.928. The second kappa shape index (κ2) is 6.66. The molecule has 0 fully saturated rings. The van der Waals surface area contributed by atoms with E-state index in [0.717, 1.165) is 5.92 Å². The van der Waals surface area contributed by atoms with Gasteiger partial charge in [0.25, 0.3) is 0 Å². The number of hydrogen-bond acceptors (Lipinski definition) is 1. The Morgan fingerprint density at radius 3 is 2.27 bits per heavy atom. The summed E-state index contributed by atoms with van der Waals surface area (Å²) >= 11 is 0. The van der Waals surface area contributed by atoms with Gasteiger partial charge in [0.15, 0.2) is 0 Å². The van der Waals surface area contributed by atoms with E-state index in [-0.39, 0.29) is 0 Å². The van der Waals surface area contributed by atoms with Crippen LogP contribution in [-0.2, 0) is 0 Å². The van der Waals surface area contributed by atoms with Crippen LogP contribution in [0.5, 0.6) is 0 Å². The highest BCUT2D eigenvalue weighted by Gasteiger charge is 1.97. The molecule has 1 heteroatoms. The zero-order valence-corrected chi connectivity index (χ0v) is 8.56. The SMILES string of the molecule is CCC(C)CCCCN(C)C. The third kappa shape index (κ3) is 7.86. The Hall–Kier alpha value is -0.0400. The Kier molecular flexibility index (Phi) is 6.63. The van der Waals surface area contributed by atoms with Crippen LogP contribution in [0, 0.1) is 5.92 Å². The highest BCUT2D eigenvalue weighted by Crippen LogP contribution is 2.10. The molecule has 0 aromatic heterocycles. The summed E-state index contributed by atoms with van der Waals surface area (Å²) < 4.78 is 0. The van der Waals surface area contributed by atoms with E-state index < -0.39 is 0 Å². The average molecular weight is 157 g/mol. The predicted octanol–water partition coefficient (Wildman–Crippen LogP) is 2.76. The number of hydrogen-bond donors (Lipinski definition) is 0. The lowest BCUT2D eigenvalue weighted by Gasteiger charge is -2.10. The first-order valence-electron chi connectivity index (χ1n) is 4.81. The van der Waals surface area contributed by atoms with Crippen LogP contribution in [0.25, 0.3) is 0 Å². The molecule has 0 rings (SSSR count). The van der Waals surface area contributed by atoms with Gasteiger partial charge in [-0.3, -0.25) is 0 Å². The Bertz CT molecular complexity index is 78.9. The van der Waals surface area contributed by atoms with Gasteiger partial charge in [-0.1, -0.05) is 33.1 Å². The van der Waals surface area contributed by atoms with Crippen molar-refractivity contribution in [3.05, 3.63) is 0 Å². The Labute approximate surface area is 71.8 Å². The lowest BCUT2D eigenvalue weighted by molar-refractivity contribution is 0.378. The fourth-order valence-corrected chi connectivity index (χ4v) is 1.12. The molecule has 0 amide bonds. The monoisotopic (exact) mass is 157 g/mol. The molecule has 0 saturated heterocycles. The number of nitrogens with zero attached hydrogens (tertiary/aromatic N) is 1. The zero-order chi connectivity index (χ0) is 8.69. The topological polar surface area (TPSA) is 3.24 Å². The number of rotatable bonds is 6. The smallest absolute Gasteiger partial charge is 0.00248 e.